The lowest BCUT2D eigenvalue weighted by Crippen LogP contribution is -2.04. The van der Waals surface area contributed by atoms with E-state index >= 15 is 0 Å². The van der Waals surface area contributed by atoms with E-state index in [1.807, 2.05) is 45.2 Å². The van der Waals surface area contributed by atoms with Crippen LogP contribution in [0.2, 0.25) is 0 Å². The summed E-state index contributed by atoms with van der Waals surface area (Å²) in [5.41, 5.74) is 1.21. The molecule has 0 bridgehead atoms. The van der Waals surface area contributed by atoms with Crippen LogP contribution in [0.3, 0.4) is 0 Å². The largest absolute Gasteiger partial charge is 0.454 e. The fourth-order valence-corrected chi connectivity index (χ4v) is 1.52. The number of fused-ring (bicyclic) bond motifs is 1. The molecule has 104 valence electrons. The fraction of sp³-hybridized carbons (Fsp3) is 0.400. The lowest BCUT2D eigenvalue weighted by atomic mass is 10.2. The minimum absolute atomic E-state index is 0.346. The minimum atomic E-state index is 0.346. The summed E-state index contributed by atoms with van der Waals surface area (Å²) < 4.78 is 10.4. The van der Waals surface area contributed by atoms with Crippen molar-refractivity contribution in [1.82, 2.24) is 5.32 Å². The van der Waals surface area contributed by atoms with Gasteiger partial charge in [-0.2, -0.15) is 0 Å². The highest BCUT2D eigenvalue weighted by molar-refractivity contribution is 5.64. The van der Waals surface area contributed by atoms with Crippen LogP contribution in [0, 0.1) is 5.92 Å². The van der Waals surface area contributed by atoms with Crippen molar-refractivity contribution in [2.24, 2.45) is 5.92 Å². The zero-order valence-electron chi connectivity index (χ0n) is 11.7. The molecule has 0 fully saturated rings. The molecular formula is C15H21NO3. The molecule has 2 rings (SSSR count). The lowest BCUT2D eigenvalue weighted by molar-refractivity contribution is -0.104. The zero-order valence-corrected chi connectivity index (χ0v) is 11.7. The summed E-state index contributed by atoms with van der Waals surface area (Å²) >= 11 is 0. The van der Waals surface area contributed by atoms with Crippen LogP contribution in [-0.4, -0.2) is 20.1 Å². The van der Waals surface area contributed by atoms with Gasteiger partial charge in [0.05, 0.1) is 0 Å². The van der Waals surface area contributed by atoms with Crippen molar-refractivity contribution in [1.29, 1.82) is 0 Å². The van der Waals surface area contributed by atoms with Crippen LogP contribution in [0.15, 0.2) is 30.4 Å². The molecule has 0 saturated heterocycles. The smallest absolute Gasteiger partial charge is 0.231 e. The molecule has 1 N–H and O–H groups in total. The first-order chi connectivity index (χ1) is 9.17. The van der Waals surface area contributed by atoms with Gasteiger partial charge >= 0.3 is 0 Å². The van der Waals surface area contributed by atoms with E-state index in [1.165, 1.54) is 11.6 Å². The SMILES string of the molecule is CC(C)/C=C/C=O.CNCc1ccc2c(c1)OCO2. The van der Waals surface area contributed by atoms with Crippen LogP contribution in [0.5, 0.6) is 11.5 Å². The van der Waals surface area contributed by atoms with Gasteiger partial charge in [-0.25, -0.2) is 0 Å². The number of benzene rings is 1. The quantitative estimate of drug-likeness (QED) is 0.670. The molecule has 0 unspecified atom stereocenters. The van der Waals surface area contributed by atoms with Crippen LogP contribution in [0.1, 0.15) is 19.4 Å². The molecule has 0 aliphatic carbocycles. The Morgan fingerprint density at radius 1 is 1.32 bits per heavy atom. The third kappa shape index (κ3) is 5.57. The van der Waals surface area contributed by atoms with Gasteiger partial charge in [-0.05, 0) is 36.7 Å². The monoisotopic (exact) mass is 263 g/mol. The van der Waals surface area contributed by atoms with E-state index in [2.05, 4.69) is 5.32 Å². The molecule has 1 aromatic carbocycles. The molecule has 4 nitrogen and oxygen atoms in total. The van der Waals surface area contributed by atoms with Gasteiger partial charge in [0.25, 0.3) is 0 Å². The minimum Gasteiger partial charge on any atom is -0.454 e. The number of aldehydes is 1. The van der Waals surface area contributed by atoms with Crippen LogP contribution in [0.4, 0.5) is 0 Å². The first-order valence-corrected chi connectivity index (χ1v) is 6.32. The molecule has 0 spiro atoms. The van der Waals surface area contributed by atoms with E-state index in [-0.39, 0.29) is 0 Å². The number of allylic oxidation sites excluding steroid dienone is 2. The van der Waals surface area contributed by atoms with Gasteiger partial charge in [-0.15, -0.1) is 0 Å². The Morgan fingerprint density at radius 3 is 2.63 bits per heavy atom. The van der Waals surface area contributed by atoms with Crippen LogP contribution in [0.25, 0.3) is 0 Å². The molecule has 0 atom stereocenters. The average molecular weight is 263 g/mol. The maximum absolute atomic E-state index is 9.62. The fourth-order valence-electron chi connectivity index (χ4n) is 1.52. The lowest BCUT2D eigenvalue weighted by Gasteiger charge is -2.00. The first kappa shape index (κ1) is 15.2. The van der Waals surface area contributed by atoms with E-state index in [0.29, 0.717) is 12.7 Å². The van der Waals surface area contributed by atoms with E-state index in [1.54, 1.807) is 0 Å². The van der Waals surface area contributed by atoms with Gasteiger partial charge in [0.2, 0.25) is 6.79 Å². The molecule has 19 heavy (non-hydrogen) atoms. The maximum atomic E-state index is 9.62. The maximum Gasteiger partial charge on any atom is 0.231 e. The normalized spacial score (nSPS) is 12.4. The van der Waals surface area contributed by atoms with E-state index < -0.39 is 0 Å². The van der Waals surface area contributed by atoms with Crippen LogP contribution in [-0.2, 0) is 11.3 Å². The Balaban J connectivity index is 0.000000224. The van der Waals surface area contributed by atoms with Crippen LogP contribution >= 0.6 is 0 Å². The van der Waals surface area contributed by atoms with Crippen molar-refractivity contribution in [3.05, 3.63) is 35.9 Å². The third-order valence-corrected chi connectivity index (χ3v) is 2.39. The zero-order chi connectivity index (χ0) is 14.1. The number of carbonyl (C=O) groups is 1. The van der Waals surface area contributed by atoms with E-state index in [4.69, 9.17) is 9.47 Å². The number of hydrogen-bond acceptors (Lipinski definition) is 4. The van der Waals surface area contributed by atoms with Crippen molar-refractivity contribution >= 4 is 6.29 Å². The highest BCUT2D eigenvalue weighted by Gasteiger charge is 2.12. The van der Waals surface area contributed by atoms with Gasteiger partial charge in [-0.3, -0.25) is 4.79 Å². The van der Waals surface area contributed by atoms with Crippen molar-refractivity contribution in [3.63, 3.8) is 0 Å². The predicted octanol–water partition coefficient (Wildman–Crippen LogP) is 2.53. The molecule has 1 heterocycles. The van der Waals surface area contributed by atoms with Gasteiger partial charge in [0, 0.05) is 6.54 Å². The molecule has 1 aliphatic heterocycles. The predicted molar refractivity (Wildman–Crippen MR) is 75.4 cm³/mol. The number of hydrogen-bond donors (Lipinski definition) is 1. The Hall–Kier alpha value is -1.81. The summed E-state index contributed by atoms with van der Waals surface area (Å²) in [4.78, 5) is 9.62. The second-order valence-corrected chi connectivity index (χ2v) is 4.48. The molecule has 1 aliphatic rings. The van der Waals surface area contributed by atoms with Crippen molar-refractivity contribution in [3.8, 4) is 11.5 Å². The number of rotatable bonds is 4. The molecular weight excluding hydrogens is 242 g/mol. The summed E-state index contributed by atoms with van der Waals surface area (Å²) in [6.45, 7) is 5.26. The van der Waals surface area contributed by atoms with Crippen LogP contribution < -0.4 is 14.8 Å². The Labute approximate surface area is 114 Å². The highest BCUT2D eigenvalue weighted by Crippen LogP contribution is 2.32. The topological polar surface area (TPSA) is 47.6 Å². The molecule has 4 heteroatoms. The van der Waals surface area contributed by atoms with Gasteiger partial charge in [-0.1, -0.05) is 26.0 Å². The molecule has 0 amide bonds. The average Bonchev–Trinajstić information content (AvgIpc) is 2.85. The standard InChI is InChI=1S/C9H11NO2.C6H10O/c1-10-5-7-2-3-8-9(4-7)12-6-11-8;1-6(2)4-3-5-7/h2-4,10H,5-6H2,1H3;3-6H,1-2H3/b;4-3+. The Kier molecular flexibility index (Phi) is 6.68. The molecule has 1 aromatic rings. The summed E-state index contributed by atoms with van der Waals surface area (Å²) in [5, 5.41) is 3.08. The second kappa shape index (κ2) is 8.32. The molecule has 0 saturated carbocycles. The third-order valence-electron chi connectivity index (χ3n) is 2.39. The van der Waals surface area contributed by atoms with Gasteiger partial charge in [0.1, 0.15) is 6.29 Å². The summed E-state index contributed by atoms with van der Waals surface area (Å²) in [6.07, 6.45) is 4.16. The number of carbonyl (C=O) groups excluding carboxylic acids is 1. The first-order valence-electron chi connectivity index (χ1n) is 6.32. The van der Waals surface area contributed by atoms with Gasteiger partial charge in [0.15, 0.2) is 11.5 Å². The summed E-state index contributed by atoms with van der Waals surface area (Å²) in [5.74, 6) is 2.18. The number of ether oxygens (including phenoxy) is 2. The summed E-state index contributed by atoms with van der Waals surface area (Å²) in [7, 11) is 1.92. The van der Waals surface area contributed by atoms with E-state index in [0.717, 1.165) is 24.3 Å². The van der Waals surface area contributed by atoms with E-state index in [9.17, 15) is 4.79 Å². The summed E-state index contributed by atoms with van der Waals surface area (Å²) in [6, 6.07) is 5.97. The molecule has 0 radical (unpaired) electrons. The second-order valence-electron chi connectivity index (χ2n) is 4.48. The Bertz CT molecular complexity index is 427. The molecule has 0 aromatic heterocycles. The highest BCUT2D eigenvalue weighted by atomic mass is 16.7. The van der Waals surface area contributed by atoms with Crippen molar-refractivity contribution < 1.29 is 14.3 Å². The Morgan fingerprint density at radius 2 is 2.05 bits per heavy atom. The van der Waals surface area contributed by atoms with Crippen molar-refractivity contribution in [2.75, 3.05) is 13.8 Å². The number of nitrogens with one attached hydrogen (secondary N) is 1. The van der Waals surface area contributed by atoms with Crippen molar-refractivity contribution in [2.45, 2.75) is 20.4 Å². The van der Waals surface area contributed by atoms with Gasteiger partial charge < -0.3 is 14.8 Å².